The van der Waals surface area contributed by atoms with Gasteiger partial charge in [-0.05, 0) is 19.3 Å². The third-order valence-electron chi connectivity index (χ3n) is 2.57. The minimum absolute atomic E-state index is 0.0379. The lowest BCUT2D eigenvalue weighted by atomic mass is 10.3. The van der Waals surface area contributed by atoms with Gasteiger partial charge in [-0.15, -0.1) is 0 Å². The summed E-state index contributed by atoms with van der Waals surface area (Å²) < 4.78 is 11.0. The molecule has 1 rings (SSSR count). The van der Waals surface area contributed by atoms with E-state index in [4.69, 9.17) is 0 Å². The van der Waals surface area contributed by atoms with Crippen molar-refractivity contribution in [1.29, 1.82) is 0 Å². The summed E-state index contributed by atoms with van der Waals surface area (Å²) in [7, 11) is -0.793. The van der Waals surface area contributed by atoms with Crippen LogP contribution >= 0.6 is 0 Å². The predicted molar refractivity (Wildman–Crippen MR) is 62.2 cm³/mol. The zero-order chi connectivity index (χ0) is 11.3. The molecule has 0 radical (unpaired) electrons. The first-order chi connectivity index (χ1) is 7.09. The van der Waals surface area contributed by atoms with Crippen molar-refractivity contribution in [3.63, 3.8) is 0 Å². The van der Waals surface area contributed by atoms with Crippen molar-refractivity contribution >= 4 is 16.7 Å². The standard InChI is InChI=1S/C10H20N2O2S/c1-8(15(2)14)5-6-11-10(13)7-12-9-3-4-9/h8-9,12H,3-7H2,1-2H3,(H,11,13). The van der Waals surface area contributed by atoms with Gasteiger partial charge in [-0.1, -0.05) is 6.92 Å². The van der Waals surface area contributed by atoms with Gasteiger partial charge in [0.2, 0.25) is 5.91 Å². The van der Waals surface area contributed by atoms with Gasteiger partial charge in [-0.3, -0.25) is 9.00 Å². The van der Waals surface area contributed by atoms with E-state index in [1.807, 2.05) is 6.92 Å². The number of carbonyl (C=O) groups excluding carboxylic acids is 1. The highest BCUT2D eigenvalue weighted by atomic mass is 32.2. The Morgan fingerprint density at radius 2 is 2.20 bits per heavy atom. The monoisotopic (exact) mass is 232 g/mol. The van der Waals surface area contributed by atoms with Crippen LogP contribution in [0.1, 0.15) is 26.2 Å². The fourth-order valence-electron chi connectivity index (χ4n) is 1.17. The topological polar surface area (TPSA) is 58.2 Å². The summed E-state index contributed by atoms with van der Waals surface area (Å²) in [6.07, 6.45) is 4.86. The van der Waals surface area contributed by atoms with Crippen LogP contribution in [-0.4, -0.2) is 40.8 Å². The normalized spacial score (nSPS) is 19.6. The summed E-state index contributed by atoms with van der Waals surface area (Å²) in [4.78, 5) is 11.3. The first-order valence-corrected chi connectivity index (χ1v) is 7.04. The lowest BCUT2D eigenvalue weighted by molar-refractivity contribution is -0.120. The fraction of sp³-hybridized carbons (Fsp3) is 0.900. The molecular formula is C10H20N2O2S. The minimum Gasteiger partial charge on any atom is -0.355 e. The van der Waals surface area contributed by atoms with Crippen LogP contribution < -0.4 is 10.6 Å². The zero-order valence-corrected chi connectivity index (χ0v) is 10.2. The third kappa shape index (κ3) is 5.89. The summed E-state index contributed by atoms with van der Waals surface area (Å²) >= 11 is 0. The second-order valence-corrected chi connectivity index (χ2v) is 5.90. The van der Waals surface area contributed by atoms with E-state index in [0.717, 1.165) is 6.42 Å². The predicted octanol–water partition coefficient (Wildman–Crippen LogP) is 0.0117. The van der Waals surface area contributed by atoms with Crippen LogP contribution in [0.25, 0.3) is 0 Å². The first kappa shape index (κ1) is 12.6. The molecule has 0 heterocycles. The number of amides is 1. The Balaban J connectivity index is 1.98. The van der Waals surface area contributed by atoms with E-state index < -0.39 is 10.8 Å². The number of hydrogen-bond donors (Lipinski definition) is 2. The smallest absolute Gasteiger partial charge is 0.233 e. The molecular weight excluding hydrogens is 212 g/mol. The van der Waals surface area contributed by atoms with Crippen LogP contribution in [0, 0.1) is 0 Å². The molecule has 0 spiro atoms. The highest BCUT2D eigenvalue weighted by molar-refractivity contribution is 7.84. The molecule has 1 aliphatic rings. The maximum absolute atomic E-state index is 11.3. The van der Waals surface area contributed by atoms with Crippen LogP contribution in [-0.2, 0) is 15.6 Å². The van der Waals surface area contributed by atoms with Crippen LogP contribution in [0.3, 0.4) is 0 Å². The molecule has 4 nitrogen and oxygen atoms in total. The maximum Gasteiger partial charge on any atom is 0.233 e. The summed E-state index contributed by atoms with van der Waals surface area (Å²) in [5.41, 5.74) is 0. The minimum atomic E-state index is -0.793. The van der Waals surface area contributed by atoms with Crippen molar-refractivity contribution in [2.24, 2.45) is 0 Å². The van der Waals surface area contributed by atoms with E-state index >= 15 is 0 Å². The summed E-state index contributed by atoms with van der Waals surface area (Å²) in [5.74, 6) is 0.0379. The van der Waals surface area contributed by atoms with Gasteiger partial charge in [0, 0.05) is 34.9 Å². The molecule has 0 aliphatic heterocycles. The molecule has 2 unspecified atom stereocenters. The second kappa shape index (κ2) is 6.23. The highest BCUT2D eigenvalue weighted by Crippen LogP contribution is 2.17. The Morgan fingerprint density at radius 1 is 1.53 bits per heavy atom. The Morgan fingerprint density at radius 3 is 2.73 bits per heavy atom. The summed E-state index contributed by atoms with van der Waals surface area (Å²) in [5, 5.41) is 6.12. The van der Waals surface area contributed by atoms with Crippen LogP contribution in [0.5, 0.6) is 0 Å². The maximum atomic E-state index is 11.3. The van der Waals surface area contributed by atoms with Gasteiger partial charge in [0.1, 0.15) is 0 Å². The lowest BCUT2D eigenvalue weighted by Crippen LogP contribution is -2.36. The molecule has 0 aromatic carbocycles. The van der Waals surface area contributed by atoms with Crippen molar-refractivity contribution in [2.75, 3.05) is 19.3 Å². The van der Waals surface area contributed by atoms with Crippen molar-refractivity contribution in [1.82, 2.24) is 10.6 Å². The average molecular weight is 232 g/mol. The molecule has 1 aliphatic carbocycles. The van der Waals surface area contributed by atoms with Crippen LogP contribution in [0.4, 0.5) is 0 Å². The van der Waals surface area contributed by atoms with E-state index in [2.05, 4.69) is 10.6 Å². The molecule has 0 aromatic rings. The first-order valence-electron chi connectivity index (χ1n) is 5.42. The third-order valence-corrected chi connectivity index (χ3v) is 3.94. The molecule has 1 saturated carbocycles. The van der Waals surface area contributed by atoms with Crippen molar-refractivity contribution < 1.29 is 9.00 Å². The summed E-state index contributed by atoms with van der Waals surface area (Å²) in [6.45, 7) is 2.96. The number of hydrogen-bond acceptors (Lipinski definition) is 3. The van der Waals surface area contributed by atoms with Crippen LogP contribution in [0.2, 0.25) is 0 Å². The van der Waals surface area contributed by atoms with E-state index in [1.165, 1.54) is 12.8 Å². The highest BCUT2D eigenvalue weighted by Gasteiger charge is 2.20. The average Bonchev–Trinajstić information content (AvgIpc) is 2.97. The second-order valence-electron chi connectivity index (χ2n) is 4.10. The molecule has 0 bridgehead atoms. The molecule has 1 fully saturated rings. The molecule has 0 aromatic heterocycles. The van der Waals surface area contributed by atoms with E-state index in [-0.39, 0.29) is 11.2 Å². The van der Waals surface area contributed by atoms with Crippen LogP contribution in [0.15, 0.2) is 0 Å². The Hall–Kier alpha value is -0.420. The van der Waals surface area contributed by atoms with Gasteiger partial charge >= 0.3 is 0 Å². The van der Waals surface area contributed by atoms with E-state index in [1.54, 1.807) is 6.26 Å². The molecule has 1 amide bonds. The van der Waals surface area contributed by atoms with Gasteiger partial charge < -0.3 is 10.6 Å². The SMILES string of the molecule is CC(CCNC(=O)CNC1CC1)S(C)=O. The quantitative estimate of drug-likeness (QED) is 0.650. The molecule has 2 atom stereocenters. The Labute approximate surface area is 93.7 Å². The van der Waals surface area contributed by atoms with E-state index in [9.17, 15) is 9.00 Å². The van der Waals surface area contributed by atoms with Crippen molar-refractivity contribution in [3.8, 4) is 0 Å². The largest absolute Gasteiger partial charge is 0.355 e. The summed E-state index contributed by atoms with van der Waals surface area (Å²) in [6, 6.07) is 0.567. The zero-order valence-electron chi connectivity index (χ0n) is 9.41. The Bertz CT molecular complexity index is 242. The van der Waals surface area contributed by atoms with Gasteiger partial charge in [0.05, 0.1) is 6.54 Å². The molecule has 5 heteroatoms. The Kier molecular flexibility index (Phi) is 5.25. The molecule has 15 heavy (non-hydrogen) atoms. The van der Waals surface area contributed by atoms with Gasteiger partial charge in [-0.25, -0.2) is 0 Å². The van der Waals surface area contributed by atoms with Gasteiger partial charge in [0.15, 0.2) is 0 Å². The number of carbonyl (C=O) groups is 1. The molecule has 2 N–H and O–H groups in total. The number of rotatable bonds is 7. The van der Waals surface area contributed by atoms with Gasteiger partial charge in [0.25, 0.3) is 0 Å². The van der Waals surface area contributed by atoms with Crippen molar-refractivity contribution in [2.45, 2.75) is 37.5 Å². The molecule has 0 saturated heterocycles. The fourth-order valence-corrected chi connectivity index (χ4v) is 1.62. The number of nitrogens with one attached hydrogen (secondary N) is 2. The molecule has 88 valence electrons. The van der Waals surface area contributed by atoms with Gasteiger partial charge in [-0.2, -0.15) is 0 Å². The lowest BCUT2D eigenvalue weighted by Gasteiger charge is -2.09. The van der Waals surface area contributed by atoms with E-state index in [0.29, 0.717) is 19.1 Å². The van der Waals surface area contributed by atoms with Crippen molar-refractivity contribution in [3.05, 3.63) is 0 Å².